The number of piperidine rings is 1. The van der Waals surface area contributed by atoms with Crippen molar-refractivity contribution in [3.63, 3.8) is 0 Å². The lowest BCUT2D eigenvalue weighted by molar-refractivity contribution is -0.0471. The minimum atomic E-state index is 0.155. The SMILES string of the molecule is COC(Cc1ccccc1)N1CCC(N(C)C2=Nc3ccccc3CS2)CC1. The number of aliphatic imine (C=N–C) groups is 1. The number of likely N-dealkylation sites (tertiary alicyclic amines) is 1. The Labute approximate surface area is 172 Å². The first kappa shape index (κ1) is 19.5. The standard InChI is InChI=1S/C23H29N3OS/c1-25(23-24-21-11-7-6-10-19(21)17-28-23)20-12-14-26(15-13-20)22(27-2)16-18-8-4-3-5-9-18/h3-11,20,22H,12-17H2,1-2H3. The molecule has 0 aliphatic carbocycles. The van der Waals surface area contributed by atoms with Crippen LogP contribution in [-0.2, 0) is 16.9 Å². The predicted molar refractivity (Wildman–Crippen MR) is 118 cm³/mol. The van der Waals surface area contributed by atoms with Crippen LogP contribution in [0.2, 0.25) is 0 Å². The van der Waals surface area contributed by atoms with Gasteiger partial charge in [0.05, 0.1) is 5.69 Å². The third kappa shape index (κ3) is 4.43. The molecule has 0 amide bonds. The molecule has 0 bridgehead atoms. The molecule has 2 aliphatic rings. The number of hydrogen-bond donors (Lipinski definition) is 0. The Morgan fingerprint density at radius 2 is 1.82 bits per heavy atom. The molecule has 0 radical (unpaired) electrons. The zero-order chi connectivity index (χ0) is 19.3. The third-order valence-electron chi connectivity index (χ3n) is 5.85. The van der Waals surface area contributed by atoms with Gasteiger partial charge < -0.3 is 9.64 Å². The van der Waals surface area contributed by atoms with Gasteiger partial charge in [-0.25, -0.2) is 4.99 Å². The molecule has 2 aliphatic heterocycles. The van der Waals surface area contributed by atoms with E-state index in [0.29, 0.717) is 6.04 Å². The molecule has 2 heterocycles. The number of amidine groups is 1. The van der Waals surface area contributed by atoms with E-state index in [0.717, 1.165) is 49.0 Å². The molecule has 1 fully saturated rings. The van der Waals surface area contributed by atoms with Gasteiger partial charge in [0.25, 0.3) is 0 Å². The quantitative estimate of drug-likeness (QED) is 0.743. The van der Waals surface area contributed by atoms with Crippen LogP contribution in [0.4, 0.5) is 5.69 Å². The second-order valence-corrected chi connectivity index (χ2v) is 8.51. The van der Waals surface area contributed by atoms with E-state index in [-0.39, 0.29) is 6.23 Å². The van der Waals surface area contributed by atoms with Gasteiger partial charge >= 0.3 is 0 Å². The number of benzene rings is 2. The van der Waals surface area contributed by atoms with Crippen LogP contribution in [0.5, 0.6) is 0 Å². The lowest BCUT2D eigenvalue weighted by Crippen LogP contribution is -2.49. The molecule has 148 valence electrons. The Hall–Kier alpha value is -1.82. The number of nitrogens with zero attached hydrogens (tertiary/aromatic N) is 3. The normalized spacial score (nSPS) is 19.0. The van der Waals surface area contributed by atoms with Crippen molar-refractivity contribution in [1.29, 1.82) is 0 Å². The highest BCUT2D eigenvalue weighted by Crippen LogP contribution is 2.33. The van der Waals surface area contributed by atoms with E-state index in [4.69, 9.17) is 9.73 Å². The number of thioether (sulfide) groups is 1. The van der Waals surface area contributed by atoms with Gasteiger partial charge in [-0.2, -0.15) is 0 Å². The summed E-state index contributed by atoms with van der Waals surface area (Å²) in [5, 5.41) is 1.16. The van der Waals surface area contributed by atoms with Gasteiger partial charge in [0.2, 0.25) is 0 Å². The summed E-state index contributed by atoms with van der Waals surface area (Å²) in [5.74, 6) is 1.01. The predicted octanol–water partition coefficient (Wildman–Crippen LogP) is 4.53. The van der Waals surface area contributed by atoms with Crippen LogP contribution < -0.4 is 0 Å². The Morgan fingerprint density at radius 1 is 1.11 bits per heavy atom. The van der Waals surface area contributed by atoms with Gasteiger partial charge in [-0.15, -0.1) is 0 Å². The summed E-state index contributed by atoms with van der Waals surface area (Å²) in [5.41, 5.74) is 3.80. The lowest BCUT2D eigenvalue weighted by Gasteiger charge is -2.41. The van der Waals surface area contributed by atoms with Crippen LogP contribution >= 0.6 is 11.8 Å². The van der Waals surface area contributed by atoms with Gasteiger partial charge in [0.15, 0.2) is 5.17 Å². The average molecular weight is 396 g/mol. The average Bonchev–Trinajstić information content (AvgIpc) is 2.77. The van der Waals surface area contributed by atoms with Crippen LogP contribution in [0.1, 0.15) is 24.0 Å². The van der Waals surface area contributed by atoms with Crippen molar-refractivity contribution >= 4 is 22.6 Å². The molecule has 28 heavy (non-hydrogen) atoms. The van der Waals surface area contributed by atoms with Crippen molar-refractivity contribution in [2.24, 2.45) is 4.99 Å². The van der Waals surface area contributed by atoms with Gasteiger partial charge in [-0.1, -0.05) is 60.3 Å². The van der Waals surface area contributed by atoms with Crippen LogP contribution in [0.15, 0.2) is 59.6 Å². The topological polar surface area (TPSA) is 28.1 Å². The molecule has 0 saturated carbocycles. The van der Waals surface area contributed by atoms with Crippen LogP contribution in [0, 0.1) is 0 Å². The number of rotatable bonds is 5. The summed E-state index contributed by atoms with van der Waals surface area (Å²) in [4.78, 5) is 9.80. The minimum Gasteiger partial charge on any atom is -0.366 e. The van der Waals surface area contributed by atoms with Crippen molar-refractivity contribution in [3.05, 3.63) is 65.7 Å². The Balaban J connectivity index is 1.35. The number of methoxy groups -OCH3 is 1. The molecule has 1 saturated heterocycles. The fraction of sp³-hybridized carbons (Fsp3) is 0.435. The van der Waals surface area contributed by atoms with Crippen molar-refractivity contribution in [1.82, 2.24) is 9.80 Å². The smallest absolute Gasteiger partial charge is 0.164 e. The summed E-state index contributed by atoms with van der Waals surface area (Å²) in [6.45, 7) is 2.13. The zero-order valence-electron chi connectivity index (χ0n) is 16.8. The summed E-state index contributed by atoms with van der Waals surface area (Å²) in [7, 11) is 4.04. The maximum Gasteiger partial charge on any atom is 0.164 e. The van der Waals surface area contributed by atoms with Crippen LogP contribution in [-0.4, -0.2) is 54.5 Å². The monoisotopic (exact) mass is 395 g/mol. The highest BCUT2D eigenvalue weighted by Gasteiger charge is 2.29. The Kier molecular flexibility index (Phi) is 6.35. The molecule has 1 unspecified atom stereocenters. The number of para-hydroxylation sites is 1. The van der Waals surface area contributed by atoms with Crippen LogP contribution in [0.25, 0.3) is 0 Å². The molecule has 0 aromatic heterocycles. The van der Waals surface area contributed by atoms with Crippen molar-refractivity contribution in [3.8, 4) is 0 Å². The second kappa shape index (κ2) is 9.12. The fourth-order valence-corrected chi connectivity index (χ4v) is 5.14. The molecular formula is C23H29N3OS. The number of fused-ring (bicyclic) bond motifs is 1. The molecular weight excluding hydrogens is 366 g/mol. The highest BCUT2D eigenvalue weighted by molar-refractivity contribution is 8.13. The second-order valence-electron chi connectivity index (χ2n) is 7.57. The number of ether oxygens (including phenoxy) is 1. The molecule has 4 nitrogen and oxygen atoms in total. The van der Waals surface area contributed by atoms with Gasteiger partial charge in [0, 0.05) is 45.5 Å². The number of hydrogen-bond acceptors (Lipinski definition) is 5. The van der Waals surface area contributed by atoms with E-state index in [9.17, 15) is 0 Å². The fourth-order valence-electron chi connectivity index (χ4n) is 4.09. The summed E-state index contributed by atoms with van der Waals surface area (Å²) < 4.78 is 5.83. The minimum absolute atomic E-state index is 0.155. The largest absolute Gasteiger partial charge is 0.366 e. The van der Waals surface area contributed by atoms with Crippen molar-refractivity contribution < 1.29 is 4.74 Å². The molecule has 0 spiro atoms. The van der Waals surface area contributed by atoms with Crippen LogP contribution in [0.3, 0.4) is 0 Å². The van der Waals surface area contributed by atoms with E-state index >= 15 is 0 Å². The summed E-state index contributed by atoms with van der Waals surface area (Å²) in [6, 6.07) is 19.7. The first-order chi connectivity index (χ1) is 13.7. The van der Waals surface area contributed by atoms with Gasteiger partial charge in [-0.3, -0.25) is 4.90 Å². The van der Waals surface area contributed by atoms with Gasteiger partial charge in [-0.05, 0) is 30.0 Å². The Morgan fingerprint density at radius 3 is 2.57 bits per heavy atom. The molecule has 4 rings (SSSR count). The van der Waals surface area contributed by atoms with E-state index in [2.05, 4.69) is 71.4 Å². The maximum atomic E-state index is 5.83. The molecule has 2 aromatic carbocycles. The van der Waals surface area contributed by atoms with E-state index in [1.165, 1.54) is 11.1 Å². The summed E-state index contributed by atoms with van der Waals surface area (Å²) in [6.07, 6.45) is 3.39. The van der Waals surface area contributed by atoms with Crippen molar-refractivity contribution in [2.45, 2.75) is 37.3 Å². The van der Waals surface area contributed by atoms with Gasteiger partial charge in [0.1, 0.15) is 6.23 Å². The molecule has 0 N–H and O–H groups in total. The molecule has 2 aromatic rings. The highest BCUT2D eigenvalue weighted by atomic mass is 32.2. The maximum absolute atomic E-state index is 5.83. The third-order valence-corrected chi connectivity index (χ3v) is 6.94. The first-order valence-electron chi connectivity index (χ1n) is 10.1. The molecule has 5 heteroatoms. The zero-order valence-corrected chi connectivity index (χ0v) is 17.6. The Bertz CT molecular complexity index is 803. The van der Waals surface area contributed by atoms with Crippen molar-refractivity contribution in [2.75, 3.05) is 27.2 Å². The lowest BCUT2D eigenvalue weighted by atomic mass is 10.0. The van der Waals surface area contributed by atoms with E-state index in [1.54, 1.807) is 0 Å². The summed E-state index contributed by atoms with van der Waals surface area (Å²) >= 11 is 1.86. The van der Waals surface area contributed by atoms with E-state index in [1.807, 2.05) is 18.9 Å². The first-order valence-corrected chi connectivity index (χ1v) is 11.1. The van der Waals surface area contributed by atoms with E-state index < -0.39 is 0 Å². The molecule has 1 atom stereocenters.